The standard InChI is InChI=1S/C26H45NO3/c1-4-5-6-7-8-23(28)21-10-9-19-18-16-24(29)22-15-17(27-30)11-13-26(22,3)20(18)12-14-25(19,21)2/h17-24,28-29H,4-16H2,1-3H3/t17-,18-,19?,20-,21?,22?,23-,24-,25-,26+/m0/s1. The van der Waals surface area contributed by atoms with Gasteiger partial charge >= 0.3 is 0 Å². The molecule has 3 unspecified atom stereocenters. The SMILES string of the molecule is CCCCCC[C@H](O)C1CCC2[C@@H]3C[C@H](O)C4C[C@@H](N=O)CC[C@]4(C)[C@H]3CC[C@]12C. The van der Waals surface area contributed by atoms with Crippen LogP contribution in [0.3, 0.4) is 0 Å². The van der Waals surface area contributed by atoms with Crippen molar-refractivity contribution in [1.82, 2.24) is 0 Å². The number of rotatable bonds is 7. The van der Waals surface area contributed by atoms with Crippen LogP contribution in [0.1, 0.15) is 104 Å². The number of aliphatic hydroxyl groups is 2. The average Bonchev–Trinajstić information content (AvgIpc) is 3.08. The Morgan fingerprint density at radius 3 is 2.40 bits per heavy atom. The van der Waals surface area contributed by atoms with E-state index in [1.807, 2.05) is 0 Å². The third-order valence-corrected chi connectivity index (χ3v) is 10.7. The monoisotopic (exact) mass is 419 g/mol. The van der Waals surface area contributed by atoms with Crippen LogP contribution in [0.5, 0.6) is 0 Å². The summed E-state index contributed by atoms with van der Waals surface area (Å²) in [6.07, 6.45) is 13.9. The van der Waals surface area contributed by atoms with Crippen molar-refractivity contribution in [1.29, 1.82) is 0 Å². The molecule has 0 heterocycles. The maximum absolute atomic E-state index is 11.2. The van der Waals surface area contributed by atoms with Gasteiger partial charge in [0.05, 0.1) is 18.2 Å². The van der Waals surface area contributed by atoms with Gasteiger partial charge in [-0.05, 0) is 98.2 Å². The van der Waals surface area contributed by atoms with E-state index in [4.69, 9.17) is 0 Å². The molecule has 4 aliphatic carbocycles. The average molecular weight is 420 g/mol. The molecule has 4 heteroatoms. The van der Waals surface area contributed by atoms with E-state index in [-0.39, 0.29) is 35.0 Å². The minimum Gasteiger partial charge on any atom is -0.393 e. The molecule has 0 aliphatic heterocycles. The van der Waals surface area contributed by atoms with Gasteiger partial charge in [-0.15, -0.1) is 0 Å². The molecule has 0 spiro atoms. The van der Waals surface area contributed by atoms with Crippen molar-refractivity contribution in [3.63, 3.8) is 0 Å². The molecule has 2 N–H and O–H groups in total. The van der Waals surface area contributed by atoms with Crippen LogP contribution in [0.4, 0.5) is 0 Å². The highest BCUT2D eigenvalue weighted by molar-refractivity contribution is 5.12. The number of hydrogen-bond donors (Lipinski definition) is 2. The highest BCUT2D eigenvalue weighted by Gasteiger charge is 2.62. The van der Waals surface area contributed by atoms with Crippen LogP contribution in [-0.4, -0.2) is 28.5 Å². The molecule has 4 rings (SSSR count). The summed E-state index contributed by atoms with van der Waals surface area (Å²) in [4.78, 5) is 11.2. The van der Waals surface area contributed by atoms with E-state index in [1.165, 1.54) is 38.5 Å². The highest BCUT2D eigenvalue weighted by Crippen LogP contribution is 2.68. The van der Waals surface area contributed by atoms with Crippen LogP contribution in [0.25, 0.3) is 0 Å². The van der Waals surface area contributed by atoms with Gasteiger partial charge in [0.2, 0.25) is 0 Å². The van der Waals surface area contributed by atoms with Gasteiger partial charge in [0.15, 0.2) is 0 Å². The van der Waals surface area contributed by atoms with Gasteiger partial charge in [-0.1, -0.05) is 51.6 Å². The second-order valence-corrected chi connectivity index (χ2v) is 12.0. The summed E-state index contributed by atoms with van der Waals surface area (Å²) in [6.45, 7) is 7.12. The Kier molecular flexibility index (Phi) is 6.67. The lowest BCUT2D eigenvalue weighted by Gasteiger charge is -2.62. The number of nitrogens with zero attached hydrogens (tertiary/aromatic N) is 1. The van der Waals surface area contributed by atoms with Gasteiger partial charge in [0.1, 0.15) is 0 Å². The summed E-state index contributed by atoms with van der Waals surface area (Å²) in [7, 11) is 0. The van der Waals surface area contributed by atoms with Crippen LogP contribution in [0, 0.1) is 45.3 Å². The molecule has 172 valence electrons. The minimum atomic E-state index is -0.291. The number of fused-ring (bicyclic) bond motifs is 5. The summed E-state index contributed by atoms with van der Waals surface area (Å²) in [5.74, 6) is 2.56. The van der Waals surface area contributed by atoms with Crippen molar-refractivity contribution in [2.24, 2.45) is 45.6 Å². The Balaban J connectivity index is 1.48. The molecule has 4 nitrogen and oxygen atoms in total. The summed E-state index contributed by atoms with van der Waals surface area (Å²) < 4.78 is 0. The molecule has 0 saturated heterocycles. The van der Waals surface area contributed by atoms with Gasteiger partial charge in [0.25, 0.3) is 0 Å². The first-order valence-electron chi connectivity index (χ1n) is 13.0. The predicted octanol–water partition coefficient (Wildman–Crippen LogP) is 6.08. The third kappa shape index (κ3) is 3.68. The second-order valence-electron chi connectivity index (χ2n) is 12.0. The predicted molar refractivity (Wildman–Crippen MR) is 121 cm³/mol. The first-order valence-corrected chi connectivity index (χ1v) is 13.0. The van der Waals surface area contributed by atoms with Gasteiger partial charge in [-0.3, -0.25) is 0 Å². The summed E-state index contributed by atoms with van der Waals surface area (Å²) in [5, 5.41) is 25.6. The van der Waals surface area contributed by atoms with Gasteiger partial charge in [-0.2, -0.15) is 4.91 Å². The lowest BCUT2D eigenvalue weighted by atomic mass is 9.44. The van der Waals surface area contributed by atoms with Gasteiger partial charge < -0.3 is 10.2 Å². The van der Waals surface area contributed by atoms with Gasteiger partial charge in [0, 0.05) is 0 Å². The Morgan fingerprint density at radius 2 is 1.67 bits per heavy atom. The molecule has 4 aliphatic rings. The van der Waals surface area contributed by atoms with Crippen LogP contribution in [0.15, 0.2) is 5.18 Å². The molecule has 0 amide bonds. The van der Waals surface area contributed by atoms with E-state index >= 15 is 0 Å². The van der Waals surface area contributed by atoms with E-state index in [0.717, 1.165) is 44.9 Å². The van der Waals surface area contributed by atoms with Crippen molar-refractivity contribution in [3.05, 3.63) is 4.91 Å². The summed E-state index contributed by atoms with van der Waals surface area (Å²) in [5.41, 5.74) is 0.386. The molecule has 30 heavy (non-hydrogen) atoms. The molecular formula is C26H45NO3. The molecule has 10 atom stereocenters. The number of hydrogen-bond acceptors (Lipinski definition) is 4. The Bertz CT molecular complexity index is 611. The number of unbranched alkanes of at least 4 members (excludes halogenated alkanes) is 3. The van der Waals surface area contributed by atoms with Crippen molar-refractivity contribution >= 4 is 0 Å². The van der Waals surface area contributed by atoms with E-state index < -0.39 is 0 Å². The van der Waals surface area contributed by atoms with Crippen LogP contribution >= 0.6 is 0 Å². The normalized spacial score (nSPS) is 49.0. The first-order chi connectivity index (χ1) is 14.3. The fourth-order valence-corrected chi connectivity index (χ4v) is 9.03. The Labute approximate surface area is 183 Å². The lowest BCUT2D eigenvalue weighted by Crippen LogP contribution is -2.58. The van der Waals surface area contributed by atoms with Crippen LogP contribution in [0.2, 0.25) is 0 Å². The second kappa shape index (κ2) is 8.81. The maximum Gasteiger partial charge on any atom is 0.0923 e. The molecule has 0 aromatic carbocycles. The zero-order valence-corrected chi connectivity index (χ0v) is 19.6. The smallest absolute Gasteiger partial charge is 0.0923 e. The van der Waals surface area contributed by atoms with Gasteiger partial charge in [-0.25, -0.2) is 0 Å². The van der Waals surface area contributed by atoms with Crippen LogP contribution in [-0.2, 0) is 0 Å². The maximum atomic E-state index is 11.2. The van der Waals surface area contributed by atoms with E-state index in [1.54, 1.807) is 0 Å². The Morgan fingerprint density at radius 1 is 0.933 bits per heavy atom. The van der Waals surface area contributed by atoms with E-state index in [9.17, 15) is 15.1 Å². The highest BCUT2D eigenvalue weighted by atomic mass is 16.3. The lowest BCUT2D eigenvalue weighted by molar-refractivity contribution is -0.163. The fraction of sp³-hybridized carbons (Fsp3) is 1.00. The largest absolute Gasteiger partial charge is 0.393 e. The molecule has 0 bridgehead atoms. The minimum absolute atomic E-state index is 0.0955. The third-order valence-electron chi connectivity index (χ3n) is 10.7. The van der Waals surface area contributed by atoms with Crippen molar-refractivity contribution in [2.75, 3.05) is 0 Å². The molecule has 0 radical (unpaired) electrons. The summed E-state index contributed by atoms with van der Waals surface area (Å²) >= 11 is 0. The van der Waals surface area contributed by atoms with E-state index in [2.05, 4.69) is 25.9 Å². The van der Waals surface area contributed by atoms with Crippen molar-refractivity contribution in [2.45, 2.75) is 122 Å². The fourth-order valence-electron chi connectivity index (χ4n) is 9.03. The van der Waals surface area contributed by atoms with E-state index in [0.29, 0.717) is 23.7 Å². The summed E-state index contributed by atoms with van der Waals surface area (Å²) in [6, 6.07) is -0.0955. The first kappa shape index (κ1) is 22.7. The molecule has 4 saturated carbocycles. The topological polar surface area (TPSA) is 69.9 Å². The molecule has 4 fully saturated rings. The zero-order chi connectivity index (χ0) is 21.5. The van der Waals surface area contributed by atoms with Crippen molar-refractivity contribution in [3.8, 4) is 0 Å². The van der Waals surface area contributed by atoms with Crippen LogP contribution < -0.4 is 0 Å². The quantitative estimate of drug-likeness (QED) is 0.388. The molecular weight excluding hydrogens is 374 g/mol. The Hall–Kier alpha value is -0.480. The number of nitroso groups, excluding NO2 is 1. The van der Waals surface area contributed by atoms with Crippen molar-refractivity contribution < 1.29 is 10.2 Å². The molecule has 0 aromatic rings. The molecule has 0 aromatic heterocycles. The zero-order valence-electron chi connectivity index (χ0n) is 19.6. The number of aliphatic hydroxyl groups excluding tert-OH is 2.